The van der Waals surface area contributed by atoms with Crippen molar-refractivity contribution >= 4 is 5.82 Å². The average Bonchev–Trinajstić information content (AvgIpc) is 2.15. The van der Waals surface area contributed by atoms with Crippen molar-refractivity contribution in [2.24, 2.45) is 0 Å². The van der Waals surface area contributed by atoms with Gasteiger partial charge in [-0.1, -0.05) is 6.07 Å². The van der Waals surface area contributed by atoms with Gasteiger partial charge in [0.2, 0.25) is 0 Å². The summed E-state index contributed by atoms with van der Waals surface area (Å²) in [6, 6.07) is 3.58. The Balaban J connectivity index is 2.86. The molecule has 1 aromatic rings. The van der Waals surface area contributed by atoms with Crippen LogP contribution in [0.2, 0.25) is 0 Å². The molecule has 78 valence electrons. The molecule has 0 aliphatic carbocycles. The number of aromatic nitrogens is 1. The Kier molecular flexibility index (Phi) is 3.43. The van der Waals surface area contributed by atoms with Crippen molar-refractivity contribution in [1.29, 1.82) is 0 Å². The van der Waals surface area contributed by atoms with Crippen LogP contribution in [0.4, 0.5) is 5.82 Å². The van der Waals surface area contributed by atoms with Gasteiger partial charge in [-0.25, -0.2) is 4.98 Å². The van der Waals surface area contributed by atoms with Crippen molar-refractivity contribution in [3.05, 3.63) is 23.9 Å². The van der Waals surface area contributed by atoms with Crippen molar-refractivity contribution in [2.75, 3.05) is 19.3 Å². The minimum Gasteiger partial charge on any atom is -0.385 e. The quantitative estimate of drug-likeness (QED) is 0.653. The van der Waals surface area contributed by atoms with E-state index in [0.717, 1.165) is 6.54 Å². The number of nitrogens with one attached hydrogen (secondary N) is 1. The second-order valence-electron chi connectivity index (χ2n) is 3.56. The van der Waals surface area contributed by atoms with Crippen molar-refractivity contribution in [1.82, 2.24) is 10.3 Å². The van der Waals surface area contributed by atoms with Gasteiger partial charge in [0, 0.05) is 11.8 Å². The molecule has 1 aromatic heterocycles. The first-order valence-electron chi connectivity index (χ1n) is 4.66. The summed E-state index contributed by atoms with van der Waals surface area (Å²) in [6.45, 7) is 2.49. The molecule has 0 aromatic carbocycles. The molecular weight excluding hydrogens is 178 g/mol. The summed E-state index contributed by atoms with van der Waals surface area (Å²) in [5.74, 6) is 0.397. The lowest BCUT2D eigenvalue weighted by atomic mass is 9.93. The van der Waals surface area contributed by atoms with Crippen molar-refractivity contribution in [2.45, 2.75) is 18.9 Å². The summed E-state index contributed by atoms with van der Waals surface area (Å²) in [5.41, 5.74) is 5.46. The molecule has 0 radical (unpaired) electrons. The molecule has 0 amide bonds. The van der Waals surface area contributed by atoms with Gasteiger partial charge >= 0.3 is 0 Å². The molecule has 0 aliphatic rings. The number of aliphatic hydroxyl groups is 1. The van der Waals surface area contributed by atoms with E-state index in [1.165, 1.54) is 0 Å². The molecule has 1 atom stereocenters. The summed E-state index contributed by atoms with van der Waals surface area (Å²) >= 11 is 0. The third-order valence-corrected chi connectivity index (χ3v) is 2.28. The first-order chi connectivity index (χ1) is 6.58. The number of nitrogens with two attached hydrogens (primary N) is 1. The fraction of sp³-hybridized carbons (Fsp3) is 0.500. The van der Waals surface area contributed by atoms with Gasteiger partial charge in [-0.15, -0.1) is 0 Å². The van der Waals surface area contributed by atoms with Crippen LogP contribution in [0.25, 0.3) is 0 Å². The topological polar surface area (TPSA) is 71.2 Å². The van der Waals surface area contributed by atoms with E-state index in [9.17, 15) is 5.11 Å². The van der Waals surface area contributed by atoms with Crippen molar-refractivity contribution < 1.29 is 5.11 Å². The minimum atomic E-state index is -0.915. The van der Waals surface area contributed by atoms with Crippen LogP contribution < -0.4 is 11.1 Å². The summed E-state index contributed by atoms with van der Waals surface area (Å²) in [5, 5.41) is 13.1. The second kappa shape index (κ2) is 4.39. The Morgan fingerprint density at radius 1 is 1.64 bits per heavy atom. The number of rotatable bonds is 4. The predicted molar refractivity (Wildman–Crippen MR) is 56.8 cm³/mol. The van der Waals surface area contributed by atoms with Gasteiger partial charge in [0.05, 0.1) is 5.60 Å². The first-order valence-corrected chi connectivity index (χ1v) is 4.66. The van der Waals surface area contributed by atoms with Gasteiger partial charge in [-0.3, -0.25) is 0 Å². The van der Waals surface area contributed by atoms with Crippen molar-refractivity contribution in [3.63, 3.8) is 0 Å². The zero-order chi connectivity index (χ0) is 10.6. The van der Waals surface area contributed by atoms with Crippen LogP contribution in [-0.2, 0) is 5.60 Å². The first kappa shape index (κ1) is 10.9. The minimum absolute atomic E-state index is 0.397. The zero-order valence-electron chi connectivity index (χ0n) is 8.62. The number of nitrogen functional groups attached to an aromatic ring is 1. The van der Waals surface area contributed by atoms with Crippen LogP contribution in [-0.4, -0.2) is 23.7 Å². The van der Waals surface area contributed by atoms with E-state index in [1.807, 2.05) is 7.05 Å². The van der Waals surface area contributed by atoms with E-state index in [1.54, 1.807) is 25.3 Å². The maximum absolute atomic E-state index is 10.1. The number of hydrogen-bond donors (Lipinski definition) is 3. The highest BCUT2D eigenvalue weighted by molar-refractivity contribution is 5.42. The maximum atomic E-state index is 10.1. The third kappa shape index (κ3) is 2.43. The summed E-state index contributed by atoms with van der Waals surface area (Å²) < 4.78 is 0. The van der Waals surface area contributed by atoms with Gasteiger partial charge in [-0.05, 0) is 33.0 Å². The normalized spacial score (nSPS) is 15.1. The summed E-state index contributed by atoms with van der Waals surface area (Å²) in [7, 11) is 1.85. The molecule has 1 rings (SSSR count). The molecule has 0 spiro atoms. The van der Waals surface area contributed by atoms with E-state index in [4.69, 9.17) is 5.73 Å². The van der Waals surface area contributed by atoms with Crippen LogP contribution in [0, 0.1) is 0 Å². The monoisotopic (exact) mass is 195 g/mol. The lowest BCUT2D eigenvalue weighted by Gasteiger charge is -2.24. The maximum Gasteiger partial charge on any atom is 0.129 e. The standard InChI is InChI=1S/C10H17N3O/c1-10(14,5-7-12-2)8-4-3-6-13-9(8)11/h3-4,6,12,14H,5,7H2,1-2H3,(H2,11,13). The Morgan fingerprint density at radius 2 is 2.36 bits per heavy atom. The van der Waals surface area contributed by atoms with Crippen LogP contribution in [0.1, 0.15) is 18.9 Å². The molecule has 0 fully saturated rings. The number of anilines is 1. The fourth-order valence-electron chi connectivity index (χ4n) is 1.38. The van der Waals surface area contributed by atoms with Crippen LogP contribution >= 0.6 is 0 Å². The Labute approximate surface area is 84.2 Å². The predicted octanol–water partition coefficient (Wildman–Crippen LogP) is 0.481. The molecular formula is C10H17N3O. The average molecular weight is 195 g/mol. The molecule has 0 bridgehead atoms. The zero-order valence-corrected chi connectivity index (χ0v) is 8.62. The van der Waals surface area contributed by atoms with Crippen LogP contribution in [0.5, 0.6) is 0 Å². The molecule has 14 heavy (non-hydrogen) atoms. The van der Waals surface area contributed by atoms with E-state index in [-0.39, 0.29) is 0 Å². The Bertz CT molecular complexity index is 299. The SMILES string of the molecule is CNCCC(C)(O)c1cccnc1N. The number of pyridine rings is 1. The molecule has 4 heteroatoms. The van der Waals surface area contributed by atoms with E-state index < -0.39 is 5.60 Å². The van der Waals surface area contributed by atoms with Gasteiger partial charge in [0.25, 0.3) is 0 Å². The number of nitrogens with zero attached hydrogens (tertiary/aromatic N) is 1. The molecule has 4 nitrogen and oxygen atoms in total. The van der Waals surface area contributed by atoms with Crippen LogP contribution in [0.3, 0.4) is 0 Å². The van der Waals surface area contributed by atoms with Crippen molar-refractivity contribution in [3.8, 4) is 0 Å². The molecule has 0 aliphatic heterocycles. The van der Waals surface area contributed by atoms with E-state index in [2.05, 4.69) is 10.3 Å². The summed E-state index contributed by atoms with van der Waals surface area (Å²) in [6.07, 6.45) is 2.23. The second-order valence-corrected chi connectivity index (χ2v) is 3.56. The van der Waals surface area contributed by atoms with Crippen LogP contribution in [0.15, 0.2) is 18.3 Å². The molecule has 1 unspecified atom stereocenters. The molecule has 1 heterocycles. The molecule has 0 saturated heterocycles. The van der Waals surface area contributed by atoms with E-state index >= 15 is 0 Å². The highest BCUT2D eigenvalue weighted by Crippen LogP contribution is 2.27. The third-order valence-electron chi connectivity index (χ3n) is 2.28. The van der Waals surface area contributed by atoms with Gasteiger partial charge < -0.3 is 16.2 Å². The van der Waals surface area contributed by atoms with Gasteiger partial charge in [0.1, 0.15) is 5.82 Å². The Hall–Kier alpha value is -1.13. The molecule has 4 N–H and O–H groups in total. The molecule has 0 saturated carbocycles. The highest BCUT2D eigenvalue weighted by Gasteiger charge is 2.24. The number of hydrogen-bond acceptors (Lipinski definition) is 4. The fourth-order valence-corrected chi connectivity index (χ4v) is 1.38. The van der Waals surface area contributed by atoms with E-state index in [0.29, 0.717) is 17.8 Å². The Morgan fingerprint density at radius 3 is 2.93 bits per heavy atom. The lowest BCUT2D eigenvalue weighted by molar-refractivity contribution is 0.0490. The lowest BCUT2D eigenvalue weighted by Crippen LogP contribution is -2.27. The highest BCUT2D eigenvalue weighted by atomic mass is 16.3. The van der Waals surface area contributed by atoms with Gasteiger partial charge in [0.15, 0.2) is 0 Å². The largest absolute Gasteiger partial charge is 0.385 e. The van der Waals surface area contributed by atoms with Gasteiger partial charge in [-0.2, -0.15) is 0 Å². The smallest absolute Gasteiger partial charge is 0.129 e. The summed E-state index contributed by atoms with van der Waals surface area (Å²) in [4.78, 5) is 3.95.